The molecule has 1 saturated heterocycles. The number of piperidine rings is 1. The van der Waals surface area contributed by atoms with Crippen molar-refractivity contribution in [1.29, 1.82) is 0 Å². The van der Waals surface area contributed by atoms with Crippen molar-refractivity contribution in [3.63, 3.8) is 0 Å². The van der Waals surface area contributed by atoms with Crippen LogP contribution in [0.15, 0.2) is 41.7 Å². The predicted molar refractivity (Wildman–Crippen MR) is 115 cm³/mol. The zero-order valence-corrected chi connectivity index (χ0v) is 18.6. The lowest BCUT2D eigenvalue weighted by Crippen LogP contribution is -2.38. The van der Waals surface area contributed by atoms with E-state index in [4.69, 9.17) is 4.74 Å². The van der Waals surface area contributed by atoms with Crippen LogP contribution in [0.1, 0.15) is 37.4 Å². The van der Waals surface area contributed by atoms with E-state index in [0.29, 0.717) is 25.3 Å². The second-order valence-corrected chi connectivity index (χ2v) is 9.81. The quantitative estimate of drug-likeness (QED) is 0.573. The normalized spacial score (nSPS) is 17.9. The molecule has 1 fully saturated rings. The number of nitrogens with zero attached hydrogens (tertiary/aromatic N) is 3. The molecule has 2 heterocycles. The number of methoxy groups -OCH3 is 1. The number of rotatable bonds is 10. The van der Waals surface area contributed by atoms with E-state index in [0.717, 1.165) is 37.2 Å². The van der Waals surface area contributed by atoms with E-state index in [2.05, 4.69) is 9.88 Å². The van der Waals surface area contributed by atoms with Gasteiger partial charge in [-0.15, -0.1) is 0 Å². The van der Waals surface area contributed by atoms with E-state index in [1.165, 1.54) is 7.11 Å². The molecular formula is C22H31N3O4S. The fourth-order valence-electron chi connectivity index (χ4n) is 3.97. The highest BCUT2D eigenvalue weighted by Crippen LogP contribution is 2.22. The first-order valence-corrected chi connectivity index (χ1v) is 12.1. The van der Waals surface area contributed by atoms with Crippen LogP contribution in [-0.2, 0) is 32.5 Å². The molecule has 1 atom stereocenters. The Bertz CT molecular complexity index is 941. The van der Waals surface area contributed by atoms with Gasteiger partial charge in [0.25, 0.3) is 0 Å². The molecule has 0 saturated carbocycles. The van der Waals surface area contributed by atoms with Gasteiger partial charge in [-0.25, -0.2) is 13.4 Å². The smallest absolute Gasteiger partial charge is 0.228 e. The molecule has 0 radical (unpaired) electrons. The molecule has 3 rings (SSSR count). The van der Waals surface area contributed by atoms with Crippen LogP contribution in [0.5, 0.6) is 0 Å². The van der Waals surface area contributed by atoms with E-state index in [1.54, 1.807) is 10.8 Å². The molecule has 7 nitrogen and oxygen atoms in total. The van der Waals surface area contributed by atoms with E-state index < -0.39 is 9.84 Å². The van der Waals surface area contributed by atoms with Gasteiger partial charge in [-0.05, 0) is 24.9 Å². The van der Waals surface area contributed by atoms with E-state index in [9.17, 15) is 13.2 Å². The summed E-state index contributed by atoms with van der Waals surface area (Å²) >= 11 is 0. The molecule has 0 amide bonds. The Balaban J connectivity index is 1.87. The zero-order chi connectivity index (χ0) is 21.6. The van der Waals surface area contributed by atoms with Gasteiger partial charge in [-0.3, -0.25) is 9.69 Å². The summed E-state index contributed by atoms with van der Waals surface area (Å²) in [4.78, 5) is 18.7. The van der Waals surface area contributed by atoms with Crippen LogP contribution in [0.2, 0.25) is 0 Å². The first-order valence-electron chi connectivity index (χ1n) is 10.5. The molecule has 1 aliphatic heterocycles. The minimum Gasteiger partial charge on any atom is -0.384 e. The van der Waals surface area contributed by atoms with Crippen LogP contribution < -0.4 is 0 Å². The van der Waals surface area contributed by atoms with E-state index in [1.807, 2.05) is 37.3 Å². The second kappa shape index (κ2) is 10.3. The lowest BCUT2D eigenvalue weighted by atomic mass is 9.92. The Morgan fingerprint density at radius 1 is 1.23 bits per heavy atom. The first kappa shape index (κ1) is 22.7. The van der Waals surface area contributed by atoms with Crippen molar-refractivity contribution in [3.05, 3.63) is 47.8 Å². The largest absolute Gasteiger partial charge is 0.384 e. The summed E-state index contributed by atoms with van der Waals surface area (Å²) in [6, 6.07) is 9.78. The number of carbonyl (C=O) groups excluding carboxylic acids is 1. The number of likely N-dealkylation sites (tertiary alicyclic amines) is 1. The van der Waals surface area contributed by atoms with E-state index >= 15 is 0 Å². The number of imidazole rings is 1. The number of ketones is 1. The van der Waals surface area contributed by atoms with Crippen LogP contribution in [0.4, 0.5) is 0 Å². The minimum atomic E-state index is -3.57. The molecule has 1 aromatic carbocycles. The third kappa shape index (κ3) is 5.56. The molecule has 0 N–H and O–H groups in total. The van der Waals surface area contributed by atoms with Crippen LogP contribution in [0.3, 0.4) is 0 Å². The maximum absolute atomic E-state index is 12.9. The van der Waals surface area contributed by atoms with Crippen LogP contribution in [0, 0.1) is 5.92 Å². The number of hydrogen-bond acceptors (Lipinski definition) is 6. The number of benzene rings is 1. The highest BCUT2D eigenvalue weighted by Gasteiger charge is 2.27. The summed E-state index contributed by atoms with van der Waals surface area (Å²) < 4.78 is 32.5. The van der Waals surface area contributed by atoms with Crippen LogP contribution >= 0.6 is 0 Å². The van der Waals surface area contributed by atoms with Crippen LogP contribution in [0.25, 0.3) is 0 Å². The van der Waals surface area contributed by atoms with Crippen molar-refractivity contribution in [1.82, 2.24) is 14.5 Å². The lowest BCUT2D eigenvalue weighted by molar-refractivity contribution is -0.124. The van der Waals surface area contributed by atoms with Gasteiger partial charge in [0.15, 0.2) is 0 Å². The predicted octanol–water partition coefficient (Wildman–Crippen LogP) is 2.54. The lowest BCUT2D eigenvalue weighted by Gasteiger charge is -2.32. The van der Waals surface area contributed by atoms with Gasteiger partial charge in [-0.2, -0.15) is 0 Å². The van der Waals surface area contributed by atoms with Gasteiger partial charge in [0.1, 0.15) is 5.78 Å². The standard InChI is InChI=1S/C22H31N3O4S/c1-3-21(26)19-10-7-11-24(16-19)17-20-14-23-22(30(27,28)13-12-29-2)25(20)15-18-8-5-4-6-9-18/h4-6,8-9,14,19H,3,7,10-13,15-17H2,1-2H3. The summed E-state index contributed by atoms with van der Waals surface area (Å²) in [7, 11) is -2.08. The Kier molecular flexibility index (Phi) is 7.80. The summed E-state index contributed by atoms with van der Waals surface area (Å²) in [5.41, 5.74) is 1.86. The second-order valence-electron chi connectivity index (χ2n) is 7.81. The minimum absolute atomic E-state index is 0.0687. The molecule has 1 unspecified atom stereocenters. The summed E-state index contributed by atoms with van der Waals surface area (Å²) in [5.74, 6) is 0.269. The average molecular weight is 434 g/mol. The average Bonchev–Trinajstić information content (AvgIpc) is 3.15. The number of Topliss-reactive ketones (excluding diaryl/α,β-unsaturated/α-hetero) is 1. The number of sulfone groups is 1. The number of ether oxygens (including phenoxy) is 1. The fourth-order valence-corrected chi connectivity index (χ4v) is 5.27. The van der Waals surface area contributed by atoms with Gasteiger partial charge < -0.3 is 9.30 Å². The van der Waals surface area contributed by atoms with Crippen LogP contribution in [-0.4, -0.2) is 61.2 Å². The summed E-state index contributed by atoms with van der Waals surface area (Å²) in [6.07, 6.45) is 4.13. The van der Waals surface area contributed by atoms with Crippen molar-refractivity contribution in [2.75, 3.05) is 32.6 Å². The monoisotopic (exact) mass is 433 g/mol. The summed E-state index contributed by atoms with van der Waals surface area (Å²) in [6.45, 7) is 4.66. The third-order valence-electron chi connectivity index (χ3n) is 5.61. The number of hydrogen-bond donors (Lipinski definition) is 0. The van der Waals surface area contributed by atoms with Crippen molar-refractivity contribution >= 4 is 15.6 Å². The Morgan fingerprint density at radius 2 is 2.00 bits per heavy atom. The molecule has 0 bridgehead atoms. The molecule has 2 aromatic rings. The topological polar surface area (TPSA) is 81.5 Å². The van der Waals surface area contributed by atoms with E-state index in [-0.39, 0.29) is 23.4 Å². The summed E-state index contributed by atoms with van der Waals surface area (Å²) in [5, 5.41) is 0.0802. The van der Waals surface area contributed by atoms with Gasteiger partial charge in [0.2, 0.25) is 15.0 Å². The molecule has 8 heteroatoms. The maximum Gasteiger partial charge on any atom is 0.228 e. The van der Waals surface area contributed by atoms with Gasteiger partial charge in [-0.1, -0.05) is 37.3 Å². The third-order valence-corrected chi connectivity index (χ3v) is 7.20. The fraction of sp³-hybridized carbons (Fsp3) is 0.545. The van der Waals surface area contributed by atoms with Gasteiger partial charge in [0.05, 0.1) is 30.8 Å². The van der Waals surface area contributed by atoms with Crippen molar-refractivity contribution in [2.45, 2.75) is 44.4 Å². The first-order chi connectivity index (χ1) is 14.4. The highest BCUT2D eigenvalue weighted by molar-refractivity contribution is 7.91. The van der Waals surface area contributed by atoms with Crippen molar-refractivity contribution < 1.29 is 17.9 Å². The molecule has 1 aliphatic rings. The van der Waals surface area contributed by atoms with Gasteiger partial charge >= 0.3 is 0 Å². The number of carbonyl (C=O) groups is 1. The highest BCUT2D eigenvalue weighted by atomic mass is 32.2. The Morgan fingerprint density at radius 3 is 2.70 bits per heavy atom. The Labute approximate surface area is 179 Å². The molecule has 1 aromatic heterocycles. The maximum atomic E-state index is 12.9. The molecule has 0 spiro atoms. The Hall–Kier alpha value is -2.03. The van der Waals surface area contributed by atoms with Gasteiger partial charge in [0, 0.05) is 32.5 Å². The zero-order valence-electron chi connectivity index (χ0n) is 17.8. The van der Waals surface area contributed by atoms with Crippen molar-refractivity contribution in [3.8, 4) is 0 Å². The molecule has 164 valence electrons. The molecule has 0 aliphatic carbocycles. The SMILES string of the molecule is CCC(=O)C1CCCN(Cc2cnc(S(=O)(=O)CCOC)n2Cc2ccccc2)C1. The van der Waals surface area contributed by atoms with Crippen molar-refractivity contribution in [2.24, 2.45) is 5.92 Å². The molecule has 30 heavy (non-hydrogen) atoms. The molecular weight excluding hydrogens is 402 g/mol. The number of aromatic nitrogens is 2.